The molecule has 308 valence electrons. The fraction of sp³-hybridized carbons (Fsp3) is 0.217. The SMILES string of the molecule is CN(C)CCNC(=O)c1ncc2cc(Cc3ccc(F)cc3)cnc2c1O.CNCCNC(=O)c1ncc2cc(Cc3ccc(F)cc3)cnc2c1OCc1ccccc1. The van der Waals surface area contributed by atoms with E-state index in [1.807, 2.05) is 68.5 Å². The maximum absolute atomic E-state index is 13.2. The first-order valence-electron chi connectivity index (χ1n) is 19.3. The van der Waals surface area contributed by atoms with Crippen LogP contribution in [0.3, 0.4) is 0 Å². The molecule has 0 bridgehead atoms. The second-order valence-corrected chi connectivity index (χ2v) is 14.3. The maximum atomic E-state index is 13.2. The molecule has 0 unspecified atom stereocenters. The second kappa shape index (κ2) is 20.7. The van der Waals surface area contributed by atoms with Gasteiger partial charge in [0.15, 0.2) is 22.9 Å². The summed E-state index contributed by atoms with van der Waals surface area (Å²) < 4.78 is 32.3. The Kier molecular flexibility index (Phi) is 14.7. The van der Waals surface area contributed by atoms with Gasteiger partial charge in [-0.15, -0.1) is 0 Å². The van der Waals surface area contributed by atoms with E-state index in [0.29, 0.717) is 61.2 Å². The van der Waals surface area contributed by atoms with Crippen LogP contribution in [0.15, 0.2) is 116 Å². The minimum absolute atomic E-state index is 0.0416. The van der Waals surface area contributed by atoms with Gasteiger partial charge < -0.3 is 30.7 Å². The fourth-order valence-corrected chi connectivity index (χ4v) is 6.18. The lowest BCUT2D eigenvalue weighted by atomic mass is 10.0. The van der Waals surface area contributed by atoms with Crippen molar-refractivity contribution in [2.24, 2.45) is 0 Å². The van der Waals surface area contributed by atoms with Crippen LogP contribution < -0.4 is 20.7 Å². The number of hydrogen-bond acceptors (Lipinski definition) is 10. The zero-order valence-electron chi connectivity index (χ0n) is 33.6. The molecule has 60 heavy (non-hydrogen) atoms. The average molecular weight is 813 g/mol. The third-order valence-electron chi connectivity index (χ3n) is 9.30. The molecule has 0 fully saturated rings. The van der Waals surface area contributed by atoms with Gasteiger partial charge in [-0.2, -0.15) is 0 Å². The largest absolute Gasteiger partial charge is 0.504 e. The second-order valence-electron chi connectivity index (χ2n) is 14.3. The summed E-state index contributed by atoms with van der Waals surface area (Å²) in [5, 5.41) is 20.4. The lowest BCUT2D eigenvalue weighted by Gasteiger charge is -2.14. The van der Waals surface area contributed by atoms with Gasteiger partial charge in [-0.25, -0.2) is 18.7 Å². The quantitative estimate of drug-likeness (QED) is 0.0875. The number of rotatable bonds is 15. The Balaban J connectivity index is 0.000000205. The topological polar surface area (TPSA) is 154 Å². The van der Waals surface area contributed by atoms with Crippen LogP contribution >= 0.6 is 0 Å². The van der Waals surface area contributed by atoms with Crippen molar-refractivity contribution in [3.05, 3.63) is 167 Å². The van der Waals surface area contributed by atoms with E-state index in [9.17, 15) is 23.5 Å². The van der Waals surface area contributed by atoms with Crippen molar-refractivity contribution < 1.29 is 28.2 Å². The molecule has 2 amide bonds. The number of aromatic nitrogens is 4. The highest BCUT2D eigenvalue weighted by Crippen LogP contribution is 2.29. The predicted molar refractivity (Wildman–Crippen MR) is 227 cm³/mol. The number of nitrogens with one attached hydrogen (secondary N) is 3. The molecule has 0 spiro atoms. The molecular formula is C46H46F2N8O4. The van der Waals surface area contributed by atoms with Crippen molar-refractivity contribution in [3.8, 4) is 11.5 Å². The number of aromatic hydroxyl groups is 1. The Morgan fingerprint density at radius 3 is 1.75 bits per heavy atom. The number of hydrogen-bond donors (Lipinski definition) is 4. The Bertz CT molecular complexity index is 2540. The lowest BCUT2D eigenvalue weighted by Crippen LogP contribution is -2.31. The minimum Gasteiger partial charge on any atom is -0.504 e. The summed E-state index contributed by atoms with van der Waals surface area (Å²) in [7, 11) is 5.64. The Hall–Kier alpha value is -6.90. The molecule has 0 aliphatic heterocycles. The number of pyridine rings is 4. The summed E-state index contributed by atoms with van der Waals surface area (Å²) in [6.07, 6.45) is 7.74. The molecule has 12 nitrogen and oxygen atoms in total. The van der Waals surface area contributed by atoms with Crippen LogP contribution in [0.1, 0.15) is 48.8 Å². The van der Waals surface area contributed by atoms with Crippen LogP contribution in [0, 0.1) is 11.6 Å². The van der Waals surface area contributed by atoms with Gasteiger partial charge in [0.1, 0.15) is 29.3 Å². The van der Waals surface area contributed by atoms with Gasteiger partial charge >= 0.3 is 0 Å². The smallest absolute Gasteiger partial charge is 0.273 e. The van der Waals surface area contributed by atoms with E-state index in [0.717, 1.165) is 33.2 Å². The number of halogens is 2. The third kappa shape index (κ3) is 11.6. The Labute approximate surface area is 346 Å². The first kappa shape index (κ1) is 42.7. The van der Waals surface area contributed by atoms with Crippen molar-refractivity contribution >= 4 is 33.6 Å². The van der Waals surface area contributed by atoms with Gasteiger partial charge in [0, 0.05) is 61.7 Å². The number of benzene rings is 3. The number of nitrogens with zero attached hydrogens (tertiary/aromatic N) is 5. The van der Waals surface area contributed by atoms with Crippen molar-refractivity contribution in [3.63, 3.8) is 0 Å². The molecule has 0 aliphatic carbocycles. The summed E-state index contributed by atoms with van der Waals surface area (Å²) in [6, 6.07) is 26.2. The zero-order chi connectivity index (χ0) is 42.4. The van der Waals surface area contributed by atoms with E-state index in [-0.39, 0.29) is 41.3 Å². The van der Waals surface area contributed by atoms with Gasteiger partial charge in [-0.3, -0.25) is 19.6 Å². The Morgan fingerprint density at radius 1 is 0.633 bits per heavy atom. The van der Waals surface area contributed by atoms with E-state index in [1.54, 1.807) is 42.9 Å². The summed E-state index contributed by atoms with van der Waals surface area (Å²) in [6.45, 7) is 2.54. The first-order chi connectivity index (χ1) is 29.1. The molecule has 0 aliphatic rings. The molecule has 14 heteroatoms. The van der Waals surface area contributed by atoms with Crippen LogP contribution in [0.5, 0.6) is 11.5 Å². The fourth-order valence-electron chi connectivity index (χ4n) is 6.18. The van der Waals surface area contributed by atoms with Crippen LogP contribution in [0.4, 0.5) is 8.78 Å². The van der Waals surface area contributed by atoms with Crippen LogP contribution in [-0.4, -0.2) is 89.1 Å². The van der Waals surface area contributed by atoms with E-state index in [4.69, 9.17) is 4.74 Å². The van der Waals surface area contributed by atoms with Gasteiger partial charge in [-0.05, 0) is 98.2 Å². The lowest BCUT2D eigenvalue weighted by molar-refractivity contribution is 0.0935. The first-order valence-corrected chi connectivity index (χ1v) is 19.3. The third-order valence-corrected chi connectivity index (χ3v) is 9.30. The van der Waals surface area contributed by atoms with Crippen molar-refractivity contribution in [2.75, 3.05) is 47.3 Å². The number of ether oxygens (including phenoxy) is 1. The molecule has 4 aromatic heterocycles. The van der Waals surface area contributed by atoms with Crippen molar-refractivity contribution in [1.29, 1.82) is 0 Å². The van der Waals surface area contributed by atoms with Crippen LogP contribution in [0.2, 0.25) is 0 Å². The zero-order valence-corrected chi connectivity index (χ0v) is 33.6. The van der Waals surface area contributed by atoms with Crippen molar-refractivity contribution in [1.82, 2.24) is 40.8 Å². The van der Waals surface area contributed by atoms with Crippen molar-refractivity contribution in [2.45, 2.75) is 19.4 Å². The normalized spacial score (nSPS) is 11.0. The molecular weight excluding hydrogens is 767 g/mol. The molecule has 0 atom stereocenters. The number of carbonyl (C=O) groups is 2. The minimum atomic E-state index is -0.437. The molecule has 0 saturated heterocycles. The van der Waals surface area contributed by atoms with Gasteiger partial charge in [0.05, 0.1) is 0 Å². The van der Waals surface area contributed by atoms with Crippen LogP contribution in [-0.2, 0) is 19.4 Å². The predicted octanol–water partition coefficient (Wildman–Crippen LogP) is 6.24. The van der Waals surface area contributed by atoms with Gasteiger partial charge in [-0.1, -0.05) is 54.6 Å². The summed E-state index contributed by atoms with van der Waals surface area (Å²) in [5.41, 5.74) is 5.82. The monoisotopic (exact) mass is 812 g/mol. The van der Waals surface area contributed by atoms with E-state index >= 15 is 0 Å². The average Bonchev–Trinajstić information content (AvgIpc) is 3.25. The van der Waals surface area contributed by atoms with E-state index in [1.165, 1.54) is 30.5 Å². The summed E-state index contributed by atoms with van der Waals surface area (Å²) in [5.74, 6) is -1.17. The summed E-state index contributed by atoms with van der Waals surface area (Å²) >= 11 is 0. The highest BCUT2D eigenvalue weighted by Gasteiger charge is 2.20. The van der Waals surface area contributed by atoms with E-state index < -0.39 is 5.91 Å². The van der Waals surface area contributed by atoms with Gasteiger partial charge in [0.25, 0.3) is 11.8 Å². The molecule has 7 aromatic rings. The molecule has 0 saturated carbocycles. The molecule has 7 rings (SSSR count). The highest BCUT2D eigenvalue weighted by molar-refractivity contribution is 6.01. The Morgan fingerprint density at radius 2 is 1.17 bits per heavy atom. The molecule has 4 N–H and O–H groups in total. The number of carbonyl (C=O) groups excluding carboxylic acids is 2. The summed E-state index contributed by atoms with van der Waals surface area (Å²) in [4.78, 5) is 44.4. The number of likely N-dealkylation sites (N-methyl/N-ethyl adjacent to an activating group) is 2. The standard InChI is InChI=1S/C26H25FN4O2.C20H21FN4O2/c1-28-11-12-29-26(32)24-25(33-17-19-5-3-2-4-6-19)23-21(16-31-24)14-20(15-30-23)13-18-7-9-22(27)10-8-18;1-25(2)8-7-22-20(27)18-19(26)17-15(12-24-18)10-14(11-23-17)9-13-3-5-16(21)6-4-13/h2-10,14-16,28H,11-13,17H2,1H3,(H,29,32);3-6,10-12,26H,7-9H2,1-2H3,(H,22,27). The van der Waals surface area contributed by atoms with E-state index in [2.05, 4.69) is 35.9 Å². The number of fused-ring (bicyclic) bond motifs is 2. The maximum Gasteiger partial charge on any atom is 0.273 e. The molecule has 4 heterocycles. The van der Waals surface area contributed by atoms with Gasteiger partial charge in [0.2, 0.25) is 0 Å². The van der Waals surface area contributed by atoms with Crippen LogP contribution in [0.25, 0.3) is 21.8 Å². The molecule has 0 radical (unpaired) electrons. The number of amides is 2. The molecule has 3 aromatic carbocycles. The highest BCUT2D eigenvalue weighted by atomic mass is 19.1.